The third-order valence-electron chi connectivity index (χ3n) is 3.57. The Morgan fingerprint density at radius 2 is 1.60 bits per heavy atom. The number of para-hydroxylation sites is 1. The molecule has 4 nitrogen and oxygen atoms in total. The summed E-state index contributed by atoms with van der Waals surface area (Å²) in [6, 6.07) is 12.2. The van der Waals surface area contributed by atoms with Gasteiger partial charge in [-0.3, -0.25) is 9.59 Å². The monoisotopic (exact) mass is 398 g/mol. The number of amides is 2. The number of rotatable bonds is 6. The van der Waals surface area contributed by atoms with Crippen LogP contribution in [-0.2, 0) is 16.1 Å². The van der Waals surface area contributed by atoms with Gasteiger partial charge >= 0.3 is 0 Å². The first-order valence-electron chi connectivity index (χ1n) is 7.60. The van der Waals surface area contributed by atoms with Crippen molar-refractivity contribution in [2.24, 2.45) is 0 Å². The first-order valence-corrected chi connectivity index (χ1v) is 8.74. The molecule has 0 heterocycles. The molecule has 0 aliphatic carbocycles. The Balaban J connectivity index is 1.95. The molecule has 0 aliphatic rings. The molecule has 2 aromatic rings. The summed E-state index contributed by atoms with van der Waals surface area (Å²) in [6.07, 6.45) is 0.134. The number of benzene rings is 2. The number of carbonyl (C=O) groups is 2. The lowest BCUT2D eigenvalue weighted by Crippen LogP contribution is -2.31. The highest BCUT2D eigenvalue weighted by Crippen LogP contribution is 2.29. The lowest BCUT2D eigenvalue weighted by atomic mass is 10.2. The first kappa shape index (κ1) is 19.6. The molecule has 132 valence electrons. The van der Waals surface area contributed by atoms with E-state index in [0.717, 1.165) is 5.56 Å². The van der Waals surface area contributed by atoms with Gasteiger partial charge in [-0.2, -0.15) is 0 Å². The molecular weight excluding hydrogens is 383 g/mol. The van der Waals surface area contributed by atoms with E-state index in [-0.39, 0.29) is 24.8 Å². The molecule has 0 bridgehead atoms. The highest BCUT2D eigenvalue weighted by molar-refractivity contribution is 6.39. The minimum Gasteiger partial charge on any atom is -0.338 e. The van der Waals surface area contributed by atoms with E-state index in [1.54, 1.807) is 35.2 Å². The van der Waals surface area contributed by atoms with Gasteiger partial charge in [0.2, 0.25) is 11.8 Å². The van der Waals surface area contributed by atoms with E-state index in [0.29, 0.717) is 27.3 Å². The van der Waals surface area contributed by atoms with Crippen molar-refractivity contribution in [3.8, 4) is 0 Å². The fraction of sp³-hybridized carbons (Fsp3) is 0.222. The molecule has 0 aliphatic heterocycles. The van der Waals surface area contributed by atoms with Crippen LogP contribution in [0, 0.1) is 0 Å². The van der Waals surface area contributed by atoms with Crippen molar-refractivity contribution in [3.05, 3.63) is 63.1 Å². The molecule has 7 heteroatoms. The Kier molecular flexibility index (Phi) is 7.12. The van der Waals surface area contributed by atoms with Crippen LogP contribution in [0.15, 0.2) is 42.5 Å². The first-order chi connectivity index (χ1) is 11.9. The number of hydrogen-bond donors (Lipinski definition) is 1. The lowest BCUT2D eigenvalue weighted by Gasteiger charge is -2.21. The summed E-state index contributed by atoms with van der Waals surface area (Å²) in [5.74, 6) is -0.379. The highest BCUT2D eigenvalue weighted by Gasteiger charge is 2.14. The van der Waals surface area contributed by atoms with Crippen molar-refractivity contribution in [3.63, 3.8) is 0 Å². The molecule has 0 radical (unpaired) electrons. The topological polar surface area (TPSA) is 49.4 Å². The zero-order valence-corrected chi connectivity index (χ0v) is 15.8. The molecule has 0 unspecified atom stereocenters. The number of nitrogens with zero attached hydrogens (tertiary/aromatic N) is 1. The third-order valence-corrected chi connectivity index (χ3v) is 4.45. The Morgan fingerprint density at radius 1 is 1.00 bits per heavy atom. The van der Waals surface area contributed by atoms with Gasteiger partial charge in [-0.1, -0.05) is 53.0 Å². The van der Waals surface area contributed by atoms with E-state index in [1.165, 1.54) is 6.92 Å². The predicted molar refractivity (Wildman–Crippen MR) is 102 cm³/mol. The van der Waals surface area contributed by atoms with E-state index >= 15 is 0 Å². The predicted octanol–water partition coefficient (Wildman–Crippen LogP) is 5.02. The molecule has 0 saturated carbocycles. The standard InChI is InChI=1S/C18H17Cl3N2O2/c1-12(24)23(11-13-5-7-14(19)8-6-13)10-9-17(25)22-18-15(20)3-2-4-16(18)21/h2-8H,9-11H2,1H3,(H,22,25). The van der Waals surface area contributed by atoms with Gasteiger partial charge in [-0.15, -0.1) is 0 Å². The highest BCUT2D eigenvalue weighted by atomic mass is 35.5. The molecule has 2 amide bonds. The number of anilines is 1. The molecular formula is C18H17Cl3N2O2. The normalized spacial score (nSPS) is 10.4. The molecule has 0 atom stereocenters. The Morgan fingerprint density at radius 3 is 2.16 bits per heavy atom. The zero-order chi connectivity index (χ0) is 18.4. The molecule has 0 spiro atoms. The van der Waals surface area contributed by atoms with E-state index in [1.807, 2.05) is 12.1 Å². The van der Waals surface area contributed by atoms with E-state index in [2.05, 4.69) is 5.32 Å². The van der Waals surface area contributed by atoms with Gasteiger partial charge in [0.25, 0.3) is 0 Å². The summed E-state index contributed by atoms with van der Waals surface area (Å²) >= 11 is 17.9. The van der Waals surface area contributed by atoms with Crippen LogP contribution in [-0.4, -0.2) is 23.3 Å². The van der Waals surface area contributed by atoms with Gasteiger partial charge in [-0.25, -0.2) is 0 Å². The molecule has 25 heavy (non-hydrogen) atoms. The lowest BCUT2D eigenvalue weighted by molar-refractivity contribution is -0.129. The quantitative estimate of drug-likeness (QED) is 0.741. The van der Waals surface area contributed by atoms with Gasteiger partial charge in [0.05, 0.1) is 15.7 Å². The maximum Gasteiger partial charge on any atom is 0.226 e. The van der Waals surface area contributed by atoms with Gasteiger partial charge in [0.15, 0.2) is 0 Å². The minimum atomic E-state index is -0.266. The molecule has 2 rings (SSSR count). The van der Waals surface area contributed by atoms with Crippen LogP contribution in [0.4, 0.5) is 5.69 Å². The van der Waals surface area contributed by atoms with Gasteiger partial charge in [-0.05, 0) is 29.8 Å². The second-order valence-electron chi connectivity index (χ2n) is 5.46. The minimum absolute atomic E-state index is 0.112. The summed E-state index contributed by atoms with van der Waals surface area (Å²) in [5, 5.41) is 4.05. The molecule has 1 N–H and O–H groups in total. The van der Waals surface area contributed by atoms with Gasteiger partial charge in [0, 0.05) is 31.5 Å². The van der Waals surface area contributed by atoms with Crippen molar-refractivity contribution in [2.45, 2.75) is 19.9 Å². The van der Waals surface area contributed by atoms with Crippen LogP contribution < -0.4 is 5.32 Å². The summed E-state index contributed by atoms with van der Waals surface area (Å²) in [5.41, 5.74) is 1.32. The van der Waals surface area contributed by atoms with Gasteiger partial charge < -0.3 is 10.2 Å². The van der Waals surface area contributed by atoms with Gasteiger partial charge in [0.1, 0.15) is 0 Å². The maximum absolute atomic E-state index is 12.2. The zero-order valence-electron chi connectivity index (χ0n) is 13.6. The number of halogens is 3. The molecule has 0 fully saturated rings. The average Bonchev–Trinajstić information content (AvgIpc) is 2.56. The van der Waals surface area contributed by atoms with Crippen molar-refractivity contribution in [1.29, 1.82) is 0 Å². The van der Waals surface area contributed by atoms with E-state index in [9.17, 15) is 9.59 Å². The second kappa shape index (κ2) is 9.09. The number of carbonyl (C=O) groups excluding carboxylic acids is 2. The van der Waals surface area contributed by atoms with Crippen molar-refractivity contribution in [1.82, 2.24) is 4.90 Å². The van der Waals surface area contributed by atoms with E-state index in [4.69, 9.17) is 34.8 Å². The fourth-order valence-electron chi connectivity index (χ4n) is 2.21. The van der Waals surface area contributed by atoms with Crippen LogP contribution >= 0.6 is 34.8 Å². The van der Waals surface area contributed by atoms with Crippen molar-refractivity contribution in [2.75, 3.05) is 11.9 Å². The van der Waals surface area contributed by atoms with Crippen molar-refractivity contribution >= 4 is 52.3 Å². The molecule has 0 saturated heterocycles. The second-order valence-corrected chi connectivity index (χ2v) is 6.71. The summed E-state index contributed by atoms with van der Waals surface area (Å²) in [6.45, 7) is 2.16. The van der Waals surface area contributed by atoms with Crippen LogP contribution in [0.2, 0.25) is 15.1 Å². The maximum atomic E-state index is 12.2. The number of nitrogens with one attached hydrogen (secondary N) is 1. The Bertz CT molecular complexity index is 743. The van der Waals surface area contributed by atoms with E-state index < -0.39 is 0 Å². The van der Waals surface area contributed by atoms with Crippen LogP contribution in [0.25, 0.3) is 0 Å². The summed E-state index contributed by atoms with van der Waals surface area (Å²) < 4.78 is 0. The fourth-order valence-corrected chi connectivity index (χ4v) is 2.83. The largest absolute Gasteiger partial charge is 0.338 e. The van der Waals surface area contributed by atoms with Crippen LogP contribution in [0.1, 0.15) is 18.9 Å². The summed E-state index contributed by atoms with van der Waals surface area (Å²) in [4.78, 5) is 25.6. The third kappa shape index (κ3) is 5.92. The van der Waals surface area contributed by atoms with Crippen LogP contribution in [0.3, 0.4) is 0 Å². The van der Waals surface area contributed by atoms with Crippen molar-refractivity contribution < 1.29 is 9.59 Å². The smallest absolute Gasteiger partial charge is 0.226 e. The number of hydrogen-bond acceptors (Lipinski definition) is 2. The Hall–Kier alpha value is -1.75. The average molecular weight is 400 g/mol. The molecule has 2 aromatic carbocycles. The Labute approximate surface area is 161 Å². The molecule has 0 aromatic heterocycles. The van der Waals surface area contributed by atoms with Crippen LogP contribution in [0.5, 0.6) is 0 Å². The summed E-state index contributed by atoms with van der Waals surface area (Å²) in [7, 11) is 0. The SMILES string of the molecule is CC(=O)N(CCC(=O)Nc1c(Cl)cccc1Cl)Cc1ccc(Cl)cc1.